The van der Waals surface area contributed by atoms with E-state index in [4.69, 9.17) is 0 Å². The predicted molar refractivity (Wildman–Crippen MR) is 125 cm³/mol. The molecule has 2 fully saturated rings. The summed E-state index contributed by atoms with van der Waals surface area (Å²) in [5.41, 5.74) is 0.285. The number of hydrogen-bond acceptors (Lipinski definition) is 2. The van der Waals surface area contributed by atoms with E-state index in [-0.39, 0.29) is 24.3 Å². The van der Waals surface area contributed by atoms with E-state index in [9.17, 15) is 23.1 Å². The Bertz CT molecular complexity index is 756. The lowest BCUT2D eigenvalue weighted by atomic mass is 9.72. The molecule has 0 spiro atoms. The van der Waals surface area contributed by atoms with E-state index >= 15 is 0 Å². The Balaban J connectivity index is 1.90. The number of hydrogen-bond donors (Lipinski definition) is 1. The fraction of sp³-hybridized carbons (Fsp3) is 0.741. The van der Waals surface area contributed by atoms with Crippen LogP contribution in [0, 0.1) is 17.8 Å². The van der Waals surface area contributed by atoms with Crippen molar-refractivity contribution in [2.24, 2.45) is 17.8 Å². The van der Waals surface area contributed by atoms with Gasteiger partial charge in [-0.2, -0.15) is 13.2 Å². The number of alkyl halides is 3. The third-order valence-corrected chi connectivity index (χ3v) is 7.80. The monoisotopic (exact) mass is 467 g/mol. The molecule has 0 amide bonds. The quantitative estimate of drug-likeness (QED) is 0.412. The molecule has 6 heteroatoms. The van der Waals surface area contributed by atoms with Crippen molar-refractivity contribution in [3.63, 3.8) is 0 Å². The maximum Gasteiger partial charge on any atom is 0.416 e. The van der Waals surface area contributed by atoms with Crippen molar-refractivity contribution in [2.45, 2.75) is 103 Å². The van der Waals surface area contributed by atoms with Gasteiger partial charge in [-0.05, 0) is 86.8 Å². The van der Waals surface area contributed by atoms with Gasteiger partial charge < -0.3 is 5.11 Å². The summed E-state index contributed by atoms with van der Waals surface area (Å²) in [6, 6.07) is 6.26. The summed E-state index contributed by atoms with van der Waals surface area (Å²) in [6.45, 7) is 7.81. The number of carboxylic acids is 1. The van der Waals surface area contributed by atoms with Crippen LogP contribution >= 0.6 is 0 Å². The summed E-state index contributed by atoms with van der Waals surface area (Å²) in [7, 11) is 0. The molecule has 3 rings (SSSR count). The number of aliphatic carboxylic acids is 1. The molecule has 0 saturated heterocycles. The van der Waals surface area contributed by atoms with Gasteiger partial charge >= 0.3 is 12.1 Å². The van der Waals surface area contributed by atoms with Crippen molar-refractivity contribution in [2.75, 3.05) is 6.54 Å². The molecule has 0 aliphatic heterocycles. The third kappa shape index (κ3) is 7.21. The maximum absolute atomic E-state index is 13.2. The van der Waals surface area contributed by atoms with E-state index in [1.165, 1.54) is 37.8 Å². The molecule has 0 aromatic heterocycles. The Kier molecular flexibility index (Phi) is 8.88. The summed E-state index contributed by atoms with van der Waals surface area (Å²) >= 11 is 0. The highest BCUT2D eigenvalue weighted by molar-refractivity contribution is 5.67. The van der Waals surface area contributed by atoms with E-state index in [0.717, 1.165) is 37.8 Å². The molecule has 1 N–H and O–H groups in total. The number of carboxylic acid groups (broad SMARTS) is 1. The molecule has 186 valence electrons. The van der Waals surface area contributed by atoms with Gasteiger partial charge in [0, 0.05) is 25.0 Å². The van der Waals surface area contributed by atoms with Gasteiger partial charge in [0.05, 0.1) is 5.56 Å². The van der Waals surface area contributed by atoms with Gasteiger partial charge in [-0.1, -0.05) is 38.8 Å². The molecule has 33 heavy (non-hydrogen) atoms. The number of halogens is 3. The standard InChI is InChI=1S/C27H40F3NO2/c1-18(2)14-19(3)31(17-20-6-4-5-7-20)25-13-8-21(16-26(32)33)15-24(25)22-9-11-23(12-10-22)27(28,29)30/h9-12,18-21,24-25H,4-8,13-17H2,1-3H3,(H,32,33)/t19-,21?,24+,25-/m1/s1. The average Bonchev–Trinajstić information content (AvgIpc) is 3.24. The number of rotatable bonds is 9. The van der Waals surface area contributed by atoms with Crippen molar-refractivity contribution in [1.82, 2.24) is 4.90 Å². The fourth-order valence-corrected chi connectivity index (χ4v) is 6.30. The SMILES string of the molecule is CC(C)C[C@@H](C)N(CC1CCCC1)[C@@H]1CCC(CC(=O)O)C[C@H]1c1ccc(C(F)(F)F)cc1. The van der Waals surface area contributed by atoms with Crippen molar-refractivity contribution in [1.29, 1.82) is 0 Å². The Morgan fingerprint density at radius 3 is 2.21 bits per heavy atom. The minimum atomic E-state index is -4.35. The average molecular weight is 468 g/mol. The largest absolute Gasteiger partial charge is 0.481 e. The highest BCUT2D eigenvalue weighted by Crippen LogP contribution is 2.43. The number of nitrogens with zero attached hydrogens (tertiary/aromatic N) is 1. The first-order valence-electron chi connectivity index (χ1n) is 12.7. The maximum atomic E-state index is 13.2. The van der Waals surface area contributed by atoms with Gasteiger partial charge in [0.15, 0.2) is 0 Å². The van der Waals surface area contributed by atoms with Crippen LogP contribution in [0.1, 0.15) is 95.6 Å². The van der Waals surface area contributed by atoms with Crippen LogP contribution in [0.5, 0.6) is 0 Å². The number of benzene rings is 1. The summed E-state index contributed by atoms with van der Waals surface area (Å²) in [4.78, 5) is 14.1. The van der Waals surface area contributed by atoms with Crippen LogP contribution in [0.25, 0.3) is 0 Å². The Hall–Kier alpha value is -1.56. The Morgan fingerprint density at radius 1 is 1.03 bits per heavy atom. The molecule has 1 aromatic rings. The fourth-order valence-electron chi connectivity index (χ4n) is 6.30. The topological polar surface area (TPSA) is 40.5 Å². The van der Waals surface area contributed by atoms with Crippen molar-refractivity contribution >= 4 is 5.97 Å². The number of carbonyl (C=O) groups is 1. The van der Waals surface area contributed by atoms with E-state index in [1.807, 2.05) is 0 Å². The van der Waals surface area contributed by atoms with Gasteiger partial charge in [-0.25, -0.2) is 0 Å². The van der Waals surface area contributed by atoms with Crippen LogP contribution in [-0.2, 0) is 11.0 Å². The highest BCUT2D eigenvalue weighted by atomic mass is 19.4. The second kappa shape index (κ2) is 11.2. The summed E-state index contributed by atoms with van der Waals surface area (Å²) < 4.78 is 39.5. The lowest BCUT2D eigenvalue weighted by molar-refractivity contribution is -0.139. The van der Waals surface area contributed by atoms with Gasteiger partial charge in [0.25, 0.3) is 0 Å². The summed E-state index contributed by atoms with van der Waals surface area (Å²) in [5.74, 6) is 0.588. The lowest BCUT2D eigenvalue weighted by Gasteiger charge is -2.46. The molecule has 0 heterocycles. The second-order valence-electron chi connectivity index (χ2n) is 10.9. The minimum Gasteiger partial charge on any atom is -0.481 e. The normalized spacial score (nSPS) is 25.6. The van der Waals surface area contributed by atoms with Crippen molar-refractivity contribution in [3.05, 3.63) is 35.4 Å². The van der Waals surface area contributed by atoms with Crippen LogP contribution in [0.2, 0.25) is 0 Å². The van der Waals surface area contributed by atoms with E-state index < -0.39 is 17.7 Å². The van der Waals surface area contributed by atoms with Crippen LogP contribution in [-0.4, -0.2) is 34.6 Å². The first-order chi connectivity index (χ1) is 15.5. The molecular weight excluding hydrogens is 427 g/mol. The first-order valence-corrected chi connectivity index (χ1v) is 12.7. The second-order valence-corrected chi connectivity index (χ2v) is 10.9. The zero-order chi connectivity index (χ0) is 24.2. The predicted octanol–water partition coefficient (Wildman–Crippen LogP) is 7.36. The molecule has 1 aromatic carbocycles. The molecule has 2 aliphatic carbocycles. The van der Waals surface area contributed by atoms with Crippen molar-refractivity contribution < 1.29 is 23.1 Å². The Morgan fingerprint density at radius 2 is 1.67 bits per heavy atom. The molecule has 2 aliphatic rings. The summed E-state index contributed by atoms with van der Waals surface area (Å²) in [5, 5.41) is 9.37. The third-order valence-electron chi connectivity index (χ3n) is 7.80. The van der Waals surface area contributed by atoms with Crippen molar-refractivity contribution in [3.8, 4) is 0 Å². The van der Waals surface area contributed by atoms with Gasteiger partial charge in [0.2, 0.25) is 0 Å². The van der Waals surface area contributed by atoms with E-state index in [2.05, 4.69) is 25.7 Å². The lowest BCUT2D eigenvalue weighted by Crippen LogP contribution is -2.49. The first kappa shape index (κ1) is 26.1. The van der Waals surface area contributed by atoms with Crippen LogP contribution < -0.4 is 0 Å². The smallest absolute Gasteiger partial charge is 0.416 e. The summed E-state index contributed by atoms with van der Waals surface area (Å²) in [6.07, 6.45) is 4.43. The molecule has 1 unspecified atom stereocenters. The van der Waals surface area contributed by atoms with Crippen LogP contribution in [0.4, 0.5) is 13.2 Å². The molecule has 0 bridgehead atoms. The van der Waals surface area contributed by atoms with Gasteiger partial charge in [-0.15, -0.1) is 0 Å². The molecular formula is C27H40F3NO2. The highest BCUT2D eigenvalue weighted by Gasteiger charge is 2.39. The molecule has 3 nitrogen and oxygen atoms in total. The minimum absolute atomic E-state index is 0.0569. The van der Waals surface area contributed by atoms with E-state index in [1.54, 1.807) is 12.1 Å². The van der Waals surface area contributed by atoms with E-state index in [0.29, 0.717) is 17.9 Å². The Labute approximate surface area is 196 Å². The van der Waals surface area contributed by atoms with Crippen LogP contribution in [0.15, 0.2) is 24.3 Å². The van der Waals surface area contributed by atoms with Gasteiger partial charge in [0.1, 0.15) is 0 Å². The van der Waals surface area contributed by atoms with Gasteiger partial charge in [-0.3, -0.25) is 9.69 Å². The zero-order valence-corrected chi connectivity index (χ0v) is 20.3. The molecule has 2 saturated carbocycles. The van der Waals surface area contributed by atoms with Crippen LogP contribution in [0.3, 0.4) is 0 Å². The molecule has 4 atom stereocenters. The zero-order valence-electron chi connectivity index (χ0n) is 20.3. The molecule has 0 radical (unpaired) electrons.